The molecule has 1 rings (SSSR count). The molecule has 0 fully saturated rings. The summed E-state index contributed by atoms with van der Waals surface area (Å²) in [5.74, 6) is -3.57. The van der Waals surface area contributed by atoms with E-state index in [1.54, 1.807) is 0 Å². The maximum atomic E-state index is 13.5. The fraction of sp³-hybridized carbons (Fsp3) is 0.364. The van der Waals surface area contributed by atoms with Crippen molar-refractivity contribution in [2.24, 2.45) is 0 Å². The van der Waals surface area contributed by atoms with Crippen LogP contribution >= 0.6 is 0 Å². The fourth-order valence-electron chi connectivity index (χ4n) is 1.51. The highest BCUT2D eigenvalue weighted by molar-refractivity contribution is 5.80. The highest BCUT2D eigenvalue weighted by Gasteiger charge is 2.37. The Bertz CT molecular complexity index is 406. The van der Waals surface area contributed by atoms with Crippen molar-refractivity contribution in [2.45, 2.75) is 18.8 Å². The van der Waals surface area contributed by atoms with Gasteiger partial charge in [0.2, 0.25) is 0 Å². The second-order valence-electron chi connectivity index (χ2n) is 3.71. The summed E-state index contributed by atoms with van der Waals surface area (Å²) in [6, 6.07) is 3.37. The predicted octanol–water partition coefficient (Wildman–Crippen LogP) is 1.69. The highest BCUT2D eigenvalue weighted by Crippen LogP contribution is 2.30. The standard InChI is InChI=1S/C11H12F2O3/c1-11(5-6-14,10(15)16)7-3-2-4-8(12)9(7)13/h2-4,14H,5-6H2,1H3,(H,15,16). The van der Waals surface area contributed by atoms with Crippen LogP contribution in [0.15, 0.2) is 18.2 Å². The van der Waals surface area contributed by atoms with E-state index in [0.29, 0.717) is 0 Å². The summed E-state index contributed by atoms with van der Waals surface area (Å²) in [6.45, 7) is 0.835. The third kappa shape index (κ3) is 2.04. The summed E-state index contributed by atoms with van der Waals surface area (Å²) >= 11 is 0. The van der Waals surface area contributed by atoms with Gasteiger partial charge < -0.3 is 10.2 Å². The monoisotopic (exact) mass is 230 g/mol. The summed E-state index contributed by atoms with van der Waals surface area (Å²) in [6.07, 6.45) is -0.178. The third-order valence-corrected chi connectivity index (χ3v) is 2.63. The van der Waals surface area contributed by atoms with Crippen molar-refractivity contribution in [3.8, 4) is 0 Å². The quantitative estimate of drug-likeness (QED) is 0.827. The first-order chi connectivity index (χ1) is 7.43. The van der Waals surface area contributed by atoms with Gasteiger partial charge in [-0.05, 0) is 19.4 Å². The molecule has 0 radical (unpaired) electrons. The van der Waals surface area contributed by atoms with Crippen LogP contribution in [-0.4, -0.2) is 22.8 Å². The van der Waals surface area contributed by atoms with E-state index in [1.807, 2.05) is 0 Å². The minimum atomic E-state index is -1.62. The van der Waals surface area contributed by atoms with Crippen molar-refractivity contribution in [1.29, 1.82) is 0 Å². The summed E-state index contributed by atoms with van der Waals surface area (Å²) in [5.41, 5.74) is -1.88. The van der Waals surface area contributed by atoms with Crippen molar-refractivity contribution < 1.29 is 23.8 Å². The molecule has 3 nitrogen and oxygen atoms in total. The first-order valence-electron chi connectivity index (χ1n) is 4.72. The molecule has 1 unspecified atom stereocenters. The summed E-state index contributed by atoms with van der Waals surface area (Å²) in [5, 5.41) is 17.8. The molecule has 0 saturated heterocycles. The second kappa shape index (κ2) is 4.57. The van der Waals surface area contributed by atoms with E-state index < -0.39 is 29.6 Å². The van der Waals surface area contributed by atoms with Crippen LogP contribution in [0.3, 0.4) is 0 Å². The number of aliphatic carboxylic acids is 1. The number of hydrogen-bond donors (Lipinski definition) is 2. The minimum absolute atomic E-state index is 0.178. The topological polar surface area (TPSA) is 57.5 Å². The van der Waals surface area contributed by atoms with Gasteiger partial charge in [-0.1, -0.05) is 12.1 Å². The van der Waals surface area contributed by atoms with Crippen LogP contribution in [0.4, 0.5) is 8.78 Å². The Labute approximate surface area is 91.3 Å². The number of carboxylic acid groups (broad SMARTS) is 1. The van der Waals surface area contributed by atoms with Gasteiger partial charge in [0.25, 0.3) is 0 Å². The van der Waals surface area contributed by atoms with Crippen LogP contribution in [0.1, 0.15) is 18.9 Å². The lowest BCUT2D eigenvalue weighted by atomic mass is 9.79. The Balaban J connectivity index is 3.32. The van der Waals surface area contributed by atoms with Crippen molar-refractivity contribution in [2.75, 3.05) is 6.61 Å². The molecular weight excluding hydrogens is 218 g/mol. The first kappa shape index (κ1) is 12.6. The molecule has 16 heavy (non-hydrogen) atoms. The summed E-state index contributed by atoms with van der Waals surface area (Å²) in [4.78, 5) is 11.1. The number of halogens is 2. The van der Waals surface area contributed by atoms with Gasteiger partial charge in [0.15, 0.2) is 11.6 Å². The van der Waals surface area contributed by atoms with E-state index in [0.717, 1.165) is 6.07 Å². The Morgan fingerprint density at radius 2 is 2.06 bits per heavy atom. The van der Waals surface area contributed by atoms with Crippen LogP contribution in [0.25, 0.3) is 0 Å². The number of carboxylic acids is 1. The highest BCUT2D eigenvalue weighted by atomic mass is 19.2. The van der Waals surface area contributed by atoms with Gasteiger partial charge in [-0.15, -0.1) is 0 Å². The zero-order valence-electron chi connectivity index (χ0n) is 8.70. The second-order valence-corrected chi connectivity index (χ2v) is 3.71. The number of carbonyl (C=O) groups is 1. The largest absolute Gasteiger partial charge is 0.481 e. The molecule has 0 spiro atoms. The molecule has 1 atom stereocenters. The van der Waals surface area contributed by atoms with Gasteiger partial charge in [-0.3, -0.25) is 4.79 Å². The number of rotatable bonds is 4. The van der Waals surface area contributed by atoms with Crippen molar-refractivity contribution in [3.05, 3.63) is 35.4 Å². The number of aliphatic hydroxyl groups is 1. The average Bonchev–Trinajstić information content (AvgIpc) is 2.22. The van der Waals surface area contributed by atoms with E-state index in [4.69, 9.17) is 10.2 Å². The molecule has 0 bridgehead atoms. The summed E-state index contributed by atoms with van der Waals surface area (Å²) < 4.78 is 26.4. The molecule has 0 amide bonds. The van der Waals surface area contributed by atoms with E-state index >= 15 is 0 Å². The van der Waals surface area contributed by atoms with Gasteiger partial charge in [-0.2, -0.15) is 0 Å². The molecule has 0 aliphatic rings. The van der Waals surface area contributed by atoms with E-state index in [2.05, 4.69) is 0 Å². The fourth-order valence-corrected chi connectivity index (χ4v) is 1.51. The third-order valence-electron chi connectivity index (χ3n) is 2.63. The van der Waals surface area contributed by atoms with Crippen LogP contribution < -0.4 is 0 Å². The van der Waals surface area contributed by atoms with Crippen LogP contribution in [-0.2, 0) is 10.2 Å². The Morgan fingerprint density at radius 3 is 2.56 bits per heavy atom. The first-order valence-corrected chi connectivity index (χ1v) is 4.72. The molecule has 0 heterocycles. The molecule has 0 aromatic heterocycles. The minimum Gasteiger partial charge on any atom is -0.481 e. The van der Waals surface area contributed by atoms with E-state index in [1.165, 1.54) is 19.1 Å². The van der Waals surface area contributed by atoms with Crippen LogP contribution in [0.2, 0.25) is 0 Å². The van der Waals surface area contributed by atoms with E-state index in [-0.39, 0.29) is 12.0 Å². The lowest BCUT2D eigenvalue weighted by molar-refractivity contribution is -0.144. The number of benzene rings is 1. The lowest BCUT2D eigenvalue weighted by Gasteiger charge is -2.24. The van der Waals surface area contributed by atoms with E-state index in [9.17, 15) is 13.6 Å². The number of aliphatic hydroxyl groups excluding tert-OH is 1. The zero-order valence-corrected chi connectivity index (χ0v) is 8.70. The molecule has 88 valence electrons. The molecule has 5 heteroatoms. The molecule has 1 aromatic carbocycles. The van der Waals surface area contributed by atoms with Gasteiger partial charge in [-0.25, -0.2) is 8.78 Å². The Kier molecular flexibility index (Phi) is 3.59. The van der Waals surface area contributed by atoms with Crippen molar-refractivity contribution in [1.82, 2.24) is 0 Å². The SMILES string of the molecule is CC(CCO)(C(=O)O)c1cccc(F)c1F. The zero-order chi connectivity index (χ0) is 12.3. The summed E-state index contributed by atoms with van der Waals surface area (Å²) in [7, 11) is 0. The molecule has 0 aliphatic carbocycles. The smallest absolute Gasteiger partial charge is 0.314 e. The number of hydrogen-bond acceptors (Lipinski definition) is 2. The normalized spacial score (nSPS) is 14.5. The molecule has 0 saturated carbocycles. The van der Waals surface area contributed by atoms with Gasteiger partial charge >= 0.3 is 5.97 Å². The lowest BCUT2D eigenvalue weighted by Crippen LogP contribution is -2.34. The average molecular weight is 230 g/mol. The molecular formula is C11H12F2O3. The van der Waals surface area contributed by atoms with Crippen LogP contribution in [0, 0.1) is 11.6 Å². The maximum absolute atomic E-state index is 13.5. The van der Waals surface area contributed by atoms with Gasteiger partial charge in [0.05, 0.1) is 5.41 Å². The van der Waals surface area contributed by atoms with Crippen molar-refractivity contribution in [3.63, 3.8) is 0 Å². The van der Waals surface area contributed by atoms with Gasteiger partial charge in [0, 0.05) is 12.2 Å². The molecule has 2 N–H and O–H groups in total. The Hall–Kier alpha value is -1.49. The predicted molar refractivity (Wildman–Crippen MR) is 53.0 cm³/mol. The Morgan fingerprint density at radius 1 is 1.44 bits per heavy atom. The van der Waals surface area contributed by atoms with Gasteiger partial charge in [0.1, 0.15) is 0 Å². The van der Waals surface area contributed by atoms with Crippen LogP contribution in [0.5, 0.6) is 0 Å². The molecule has 0 aliphatic heterocycles. The molecule has 1 aromatic rings. The maximum Gasteiger partial charge on any atom is 0.314 e. The van der Waals surface area contributed by atoms with Crippen molar-refractivity contribution >= 4 is 5.97 Å².